The van der Waals surface area contributed by atoms with Crippen LogP contribution in [0.3, 0.4) is 0 Å². The van der Waals surface area contributed by atoms with Crippen molar-refractivity contribution >= 4 is 28.7 Å². The smallest absolute Gasteiger partial charge is 0.331 e. The third-order valence-electron chi connectivity index (χ3n) is 8.80. The van der Waals surface area contributed by atoms with Gasteiger partial charge in [0.25, 0.3) is 5.91 Å². The minimum absolute atomic E-state index is 0. The molecule has 0 radical (unpaired) electrons. The Labute approximate surface area is 294 Å². The van der Waals surface area contributed by atoms with E-state index in [9.17, 15) is 14.4 Å². The predicted molar refractivity (Wildman–Crippen MR) is 180 cm³/mol. The second-order valence-corrected chi connectivity index (χ2v) is 11.9. The van der Waals surface area contributed by atoms with E-state index in [1.807, 2.05) is 36.5 Å². The summed E-state index contributed by atoms with van der Waals surface area (Å²) in [5.74, 6) is -1.03. The standard InChI is InChI=1S/C34H40N10O5.ClH/c1-48-33(46)30(9-5-6-10-35)43-20-28(38-40-43)22-15-23(17-24(16-22)32(45)42-13-11-36-12-14-42)29-21-44(41-39-29)31(34(47)49-2)18-25-19-37-27-8-4-3-7-26(25)27;/h3-4,7-8,15-17,19-21,30-31,36-37H,5-6,9-14,18,35H2,1-2H3;1H/p-1/t30-,31-;/m0./s1. The Hall–Kier alpha value is -5.12. The summed E-state index contributed by atoms with van der Waals surface area (Å²) >= 11 is 0. The molecule has 5 aromatic rings. The number of rotatable bonds is 13. The van der Waals surface area contributed by atoms with Gasteiger partial charge in [-0.05, 0) is 55.6 Å². The van der Waals surface area contributed by atoms with Crippen molar-refractivity contribution in [3.05, 3.63) is 72.2 Å². The Morgan fingerprint density at radius 3 is 2.14 bits per heavy atom. The summed E-state index contributed by atoms with van der Waals surface area (Å²) < 4.78 is 13.2. The zero-order valence-electron chi connectivity index (χ0n) is 27.9. The second kappa shape index (κ2) is 16.5. The molecule has 15 nitrogen and oxygen atoms in total. The average molecular weight is 704 g/mol. The number of ether oxygens (including phenoxy) is 2. The number of nitrogens with two attached hydrogens (primary N) is 1. The lowest BCUT2D eigenvalue weighted by Gasteiger charge is -2.27. The normalized spacial score (nSPS) is 14.2. The largest absolute Gasteiger partial charge is 1.00 e. The number of nitrogens with one attached hydrogen (secondary N) is 2. The van der Waals surface area contributed by atoms with Crippen molar-refractivity contribution < 1.29 is 36.3 Å². The summed E-state index contributed by atoms with van der Waals surface area (Å²) in [6.07, 6.45) is 7.51. The number of halogens is 1. The summed E-state index contributed by atoms with van der Waals surface area (Å²) in [5, 5.41) is 21.7. The van der Waals surface area contributed by atoms with E-state index in [0.29, 0.717) is 80.1 Å². The Morgan fingerprint density at radius 1 is 0.880 bits per heavy atom. The van der Waals surface area contributed by atoms with Gasteiger partial charge < -0.3 is 42.8 Å². The minimum Gasteiger partial charge on any atom is -1.00 e. The molecule has 0 spiro atoms. The molecule has 3 aromatic heterocycles. The van der Waals surface area contributed by atoms with Crippen molar-refractivity contribution in [3.8, 4) is 22.5 Å². The highest BCUT2D eigenvalue weighted by Gasteiger charge is 2.27. The van der Waals surface area contributed by atoms with Crippen LogP contribution in [0.4, 0.5) is 0 Å². The van der Waals surface area contributed by atoms with E-state index in [4.69, 9.17) is 15.2 Å². The maximum absolute atomic E-state index is 13.8. The van der Waals surface area contributed by atoms with E-state index >= 15 is 0 Å². The van der Waals surface area contributed by atoms with Crippen LogP contribution in [0.25, 0.3) is 33.4 Å². The Kier molecular flexibility index (Phi) is 12.0. The number of aromatic amines is 1. The number of carbonyl (C=O) groups excluding carboxylic acids is 3. The lowest BCUT2D eigenvalue weighted by Crippen LogP contribution is -3.00. The molecule has 4 N–H and O–H groups in total. The number of unbranched alkanes of at least 4 members (excludes halogenated alkanes) is 1. The van der Waals surface area contributed by atoms with Crippen molar-refractivity contribution in [1.29, 1.82) is 0 Å². The maximum Gasteiger partial charge on any atom is 0.331 e. The van der Waals surface area contributed by atoms with E-state index in [2.05, 4.69) is 30.9 Å². The lowest BCUT2D eigenvalue weighted by molar-refractivity contribution is -0.146. The Bertz CT molecular complexity index is 1930. The molecule has 50 heavy (non-hydrogen) atoms. The summed E-state index contributed by atoms with van der Waals surface area (Å²) in [7, 11) is 2.68. The highest BCUT2D eigenvalue weighted by Crippen LogP contribution is 2.30. The number of hydrogen-bond acceptors (Lipinski definition) is 11. The van der Waals surface area contributed by atoms with Crippen molar-refractivity contribution in [1.82, 2.24) is 45.2 Å². The third kappa shape index (κ3) is 7.85. The monoisotopic (exact) mass is 703 g/mol. The van der Waals surface area contributed by atoms with Gasteiger partial charge in [0.15, 0.2) is 12.1 Å². The number of nitrogens with zero attached hydrogens (tertiary/aromatic N) is 7. The van der Waals surface area contributed by atoms with Crippen LogP contribution in [0.1, 0.15) is 47.3 Å². The molecule has 1 saturated heterocycles. The minimum atomic E-state index is -0.787. The fourth-order valence-corrected chi connectivity index (χ4v) is 6.13. The molecule has 264 valence electrons. The fraction of sp³-hybridized carbons (Fsp3) is 0.382. The van der Waals surface area contributed by atoms with Gasteiger partial charge in [-0.3, -0.25) is 4.79 Å². The van der Waals surface area contributed by atoms with Crippen LogP contribution in [-0.2, 0) is 25.5 Å². The number of hydrogen-bond donors (Lipinski definition) is 3. The van der Waals surface area contributed by atoms with Crippen molar-refractivity contribution in [3.63, 3.8) is 0 Å². The molecule has 1 aliphatic heterocycles. The number of esters is 2. The number of amides is 1. The van der Waals surface area contributed by atoms with E-state index in [-0.39, 0.29) is 18.3 Å². The quantitative estimate of drug-likeness (QED) is 0.106. The first-order valence-electron chi connectivity index (χ1n) is 16.3. The number of aromatic nitrogens is 7. The van der Waals surface area contributed by atoms with Gasteiger partial charge in [0.1, 0.15) is 11.4 Å². The van der Waals surface area contributed by atoms with Crippen LogP contribution < -0.4 is 23.5 Å². The summed E-state index contributed by atoms with van der Waals surface area (Å²) in [5.41, 5.74) is 10.1. The van der Waals surface area contributed by atoms with Gasteiger partial charge >= 0.3 is 11.9 Å². The molecule has 4 heterocycles. The first-order chi connectivity index (χ1) is 23.9. The third-order valence-corrected chi connectivity index (χ3v) is 8.80. The first-order valence-corrected chi connectivity index (χ1v) is 16.3. The molecule has 0 unspecified atom stereocenters. The lowest BCUT2D eigenvalue weighted by atomic mass is 10.0. The van der Waals surface area contributed by atoms with E-state index in [1.54, 1.807) is 29.4 Å². The molecule has 2 atom stereocenters. The summed E-state index contributed by atoms with van der Waals surface area (Å²) in [6, 6.07) is 11.8. The molecule has 0 saturated carbocycles. The Morgan fingerprint density at radius 2 is 1.50 bits per heavy atom. The number of methoxy groups -OCH3 is 2. The van der Waals surface area contributed by atoms with Crippen LogP contribution in [0, 0.1) is 0 Å². The van der Waals surface area contributed by atoms with Gasteiger partial charge in [0, 0.05) is 66.4 Å². The molecule has 1 aliphatic rings. The molecule has 1 amide bonds. The Balaban J connectivity index is 0.00000486. The second-order valence-electron chi connectivity index (χ2n) is 11.9. The van der Waals surface area contributed by atoms with Crippen molar-refractivity contribution in [2.45, 2.75) is 37.8 Å². The van der Waals surface area contributed by atoms with E-state index in [0.717, 1.165) is 22.9 Å². The molecular weight excluding hydrogens is 664 g/mol. The number of para-hydroxylation sites is 1. The number of H-pyrrole nitrogens is 1. The molecule has 6 rings (SSSR count). The van der Waals surface area contributed by atoms with Crippen LogP contribution >= 0.6 is 0 Å². The summed E-state index contributed by atoms with van der Waals surface area (Å²) in [6.45, 7) is 3.06. The zero-order chi connectivity index (χ0) is 34.3. The van der Waals surface area contributed by atoms with Gasteiger partial charge in [-0.25, -0.2) is 19.0 Å². The van der Waals surface area contributed by atoms with Crippen molar-refractivity contribution in [2.24, 2.45) is 5.73 Å². The maximum atomic E-state index is 13.8. The number of benzene rings is 2. The van der Waals surface area contributed by atoms with Crippen LogP contribution in [-0.4, -0.2) is 105 Å². The van der Waals surface area contributed by atoms with Gasteiger partial charge in [-0.15, -0.1) is 10.2 Å². The zero-order valence-corrected chi connectivity index (χ0v) is 28.7. The van der Waals surface area contributed by atoms with Gasteiger partial charge in [0.2, 0.25) is 0 Å². The molecule has 2 aromatic carbocycles. The van der Waals surface area contributed by atoms with Gasteiger partial charge in [-0.2, -0.15) is 0 Å². The van der Waals surface area contributed by atoms with Crippen LogP contribution in [0.2, 0.25) is 0 Å². The van der Waals surface area contributed by atoms with Gasteiger partial charge in [-0.1, -0.05) is 28.6 Å². The molecule has 0 bridgehead atoms. The van der Waals surface area contributed by atoms with E-state index in [1.165, 1.54) is 23.6 Å². The first kappa shape index (κ1) is 36.2. The predicted octanol–water partition coefficient (Wildman–Crippen LogP) is -0.466. The number of piperazine rings is 1. The van der Waals surface area contributed by atoms with E-state index < -0.39 is 24.0 Å². The summed E-state index contributed by atoms with van der Waals surface area (Å²) in [4.78, 5) is 44.5. The van der Waals surface area contributed by atoms with Crippen LogP contribution in [0.5, 0.6) is 0 Å². The van der Waals surface area contributed by atoms with Crippen LogP contribution in [0.15, 0.2) is 61.1 Å². The average Bonchev–Trinajstić information content (AvgIpc) is 3.93. The molecular formula is C34H40ClN10O5-. The topological polar surface area (TPSA) is 188 Å². The van der Waals surface area contributed by atoms with Gasteiger partial charge in [0.05, 0.1) is 26.6 Å². The number of fused-ring (bicyclic) bond motifs is 1. The molecule has 16 heteroatoms. The fourth-order valence-electron chi connectivity index (χ4n) is 6.13. The highest BCUT2D eigenvalue weighted by molar-refractivity contribution is 5.97. The SMILES string of the molecule is COC(=O)[C@H](CCCCN)n1cc(-c2cc(C(=O)N3CCNCC3)cc(-c3cn([C@@H](Cc4c[nH]c5ccccc45)C(=O)OC)nn3)c2)nn1.[Cl-]. The molecule has 1 fully saturated rings. The highest BCUT2D eigenvalue weighted by atomic mass is 35.5. The molecule has 0 aliphatic carbocycles. The van der Waals surface area contributed by atoms with Crippen molar-refractivity contribution in [2.75, 3.05) is 46.9 Å². The number of carbonyl (C=O) groups is 3.